The smallest absolute Gasteiger partial charge is 0.240 e. The van der Waals surface area contributed by atoms with Gasteiger partial charge in [-0.25, -0.2) is 4.98 Å². The monoisotopic (exact) mass is 291 g/mol. The van der Waals surface area contributed by atoms with E-state index in [1.165, 1.54) is 5.03 Å². The third-order valence-electron chi connectivity index (χ3n) is 2.80. The van der Waals surface area contributed by atoms with E-state index in [-0.39, 0.29) is 12.4 Å². The number of aryl methyl sites for hydroxylation is 1. The van der Waals surface area contributed by atoms with E-state index in [9.17, 15) is 0 Å². The second kappa shape index (κ2) is 6.08. The molecule has 0 saturated carbocycles. The summed E-state index contributed by atoms with van der Waals surface area (Å²) in [6.07, 6.45) is 2.06. The van der Waals surface area contributed by atoms with Crippen molar-refractivity contribution in [2.24, 2.45) is 7.05 Å². The lowest BCUT2D eigenvalue weighted by Crippen LogP contribution is -3.00. The minimum Gasteiger partial charge on any atom is -1.00 e. The lowest BCUT2D eigenvalue weighted by molar-refractivity contribution is -0.708. The quantitative estimate of drug-likeness (QED) is 0.530. The van der Waals surface area contributed by atoms with Crippen LogP contribution in [0.5, 0.6) is 0 Å². The highest BCUT2D eigenvalue weighted by Gasteiger charge is 2.08. The molecule has 5 heteroatoms. The molecular weight excluding hydrogens is 278 g/mol. The number of nitrogens with zero attached hydrogens (tertiary/aromatic N) is 2. The maximum atomic E-state index is 4.57. The highest BCUT2D eigenvalue weighted by atomic mass is 35.5. The standard InChI is InChI=1S/C14H14N3S.ClH/c1-17-9-5-4-8-14(17)18-10-13-15-11-6-2-3-7-12(11)16-13;/h2-9H,10H2,1H3,(H,15,16);1H/q+1;/p-1. The summed E-state index contributed by atoms with van der Waals surface area (Å²) in [4.78, 5) is 7.92. The summed E-state index contributed by atoms with van der Waals surface area (Å²) < 4.78 is 2.12. The van der Waals surface area contributed by atoms with Crippen molar-refractivity contribution in [1.29, 1.82) is 0 Å². The number of hydrogen-bond acceptors (Lipinski definition) is 2. The van der Waals surface area contributed by atoms with Crippen molar-refractivity contribution in [2.45, 2.75) is 10.8 Å². The third kappa shape index (κ3) is 3.08. The fraction of sp³-hybridized carbons (Fsp3) is 0.143. The first kappa shape index (κ1) is 13.9. The van der Waals surface area contributed by atoms with E-state index < -0.39 is 0 Å². The zero-order chi connectivity index (χ0) is 12.4. The van der Waals surface area contributed by atoms with Crippen LogP contribution < -0.4 is 17.0 Å². The van der Waals surface area contributed by atoms with Crippen LogP contribution in [0.2, 0.25) is 0 Å². The zero-order valence-corrected chi connectivity index (χ0v) is 12.1. The van der Waals surface area contributed by atoms with Gasteiger partial charge >= 0.3 is 0 Å². The van der Waals surface area contributed by atoms with Gasteiger partial charge in [0.25, 0.3) is 0 Å². The topological polar surface area (TPSA) is 32.6 Å². The van der Waals surface area contributed by atoms with Crippen LogP contribution in [0.1, 0.15) is 5.82 Å². The second-order valence-electron chi connectivity index (χ2n) is 4.14. The summed E-state index contributed by atoms with van der Waals surface area (Å²) in [5, 5.41) is 1.23. The average molecular weight is 292 g/mol. The number of aromatic nitrogens is 3. The van der Waals surface area contributed by atoms with E-state index in [4.69, 9.17) is 0 Å². The lowest BCUT2D eigenvalue weighted by atomic mass is 10.3. The molecule has 2 aromatic heterocycles. The van der Waals surface area contributed by atoms with Crippen molar-refractivity contribution in [3.63, 3.8) is 0 Å². The normalized spacial score (nSPS) is 10.4. The Morgan fingerprint density at radius 1 is 1.16 bits per heavy atom. The van der Waals surface area contributed by atoms with Crippen LogP contribution in [-0.4, -0.2) is 9.97 Å². The minimum atomic E-state index is 0. The molecule has 98 valence electrons. The number of fused-ring (bicyclic) bond motifs is 1. The van der Waals surface area contributed by atoms with Crippen LogP contribution in [0, 0.1) is 0 Å². The molecule has 0 radical (unpaired) electrons. The van der Waals surface area contributed by atoms with Gasteiger partial charge < -0.3 is 17.4 Å². The number of para-hydroxylation sites is 2. The lowest BCUT2D eigenvalue weighted by Gasteiger charge is -1.97. The molecule has 0 fully saturated rings. The van der Waals surface area contributed by atoms with E-state index in [0.29, 0.717) is 0 Å². The molecule has 1 aromatic carbocycles. The van der Waals surface area contributed by atoms with E-state index >= 15 is 0 Å². The predicted octanol–water partition coefficient (Wildman–Crippen LogP) is -0.316. The van der Waals surface area contributed by atoms with E-state index in [1.54, 1.807) is 11.8 Å². The van der Waals surface area contributed by atoms with Crippen molar-refractivity contribution < 1.29 is 17.0 Å². The Balaban J connectivity index is 0.00000133. The first-order valence-electron chi connectivity index (χ1n) is 5.84. The molecular formula is C14H14ClN3S. The molecule has 0 aliphatic rings. The summed E-state index contributed by atoms with van der Waals surface area (Å²) in [7, 11) is 2.06. The molecule has 19 heavy (non-hydrogen) atoms. The molecule has 0 bridgehead atoms. The van der Waals surface area contributed by atoms with Gasteiger partial charge in [-0.15, -0.1) is 0 Å². The zero-order valence-electron chi connectivity index (χ0n) is 10.5. The van der Waals surface area contributed by atoms with Crippen molar-refractivity contribution in [1.82, 2.24) is 9.97 Å². The third-order valence-corrected chi connectivity index (χ3v) is 3.94. The Morgan fingerprint density at radius 3 is 2.74 bits per heavy atom. The molecule has 0 aliphatic heterocycles. The minimum absolute atomic E-state index is 0. The Labute approximate surface area is 122 Å². The van der Waals surface area contributed by atoms with Crippen LogP contribution in [0.15, 0.2) is 53.7 Å². The number of thioether (sulfide) groups is 1. The number of pyridine rings is 1. The Bertz CT molecular complexity index is 648. The molecule has 3 nitrogen and oxygen atoms in total. The molecule has 0 amide bonds. The molecule has 1 N–H and O–H groups in total. The SMILES string of the molecule is C[n+]1ccccc1SCc1nc2ccccc2[nH]1.[Cl-]. The van der Waals surface area contributed by atoms with E-state index in [0.717, 1.165) is 22.6 Å². The summed E-state index contributed by atoms with van der Waals surface area (Å²) in [5.41, 5.74) is 2.14. The van der Waals surface area contributed by atoms with Crippen molar-refractivity contribution in [3.8, 4) is 0 Å². The van der Waals surface area contributed by atoms with Crippen molar-refractivity contribution in [3.05, 3.63) is 54.5 Å². The van der Waals surface area contributed by atoms with Gasteiger partial charge in [0.15, 0.2) is 6.20 Å². The van der Waals surface area contributed by atoms with Crippen LogP contribution in [0.4, 0.5) is 0 Å². The number of nitrogens with one attached hydrogen (secondary N) is 1. The fourth-order valence-corrected chi connectivity index (χ4v) is 2.73. The number of H-pyrrole nitrogens is 1. The number of halogens is 1. The maximum absolute atomic E-state index is 4.57. The van der Waals surface area contributed by atoms with Gasteiger partial charge in [-0.05, 0) is 30.0 Å². The van der Waals surface area contributed by atoms with Crippen LogP contribution in [0.25, 0.3) is 11.0 Å². The summed E-state index contributed by atoms with van der Waals surface area (Å²) >= 11 is 1.78. The largest absolute Gasteiger partial charge is 1.00 e. The van der Waals surface area contributed by atoms with Crippen LogP contribution >= 0.6 is 11.8 Å². The summed E-state index contributed by atoms with van der Waals surface area (Å²) in [5.74, 6) is 1.87. The van der Waals surface area contributed by atoms with Gasteiger partial charge in [0, 0.05) is 12.1 Å². The molecule has 3 aromatic rings. The number of rotatable bonds is 3. The van der Waals surface area contributed by atoms with Crippen molar-refractivity contribution in [2.75, 3.05) is 0 Å². The van der Waals surface area contributed by atoms with Gasteiger partial charge in [0.1, 0.15) is 12.9 Å². The first-order chi connectivity index (χ1) is 8.83. The van der Waals surface area contributed by atoms with Gasteiger partial charge in [-0.1, -0.05) is 12.1 Å². The maximum Gasteiger partial charge on any atom is 0.240 e. The highest BCUT2D eigenvalue weighted by molar-refractivity contribution is 7.98. The Kier molecular flexibility index (Phi) is 4.45. The van der Waals surface area contributed by atoms with Crippen LogP contribution in [0.3, 0.4) is 0 Å². The molecule has 0 spiro atoms. The van der Waals surface area contributed by atoms with Gasteiger partial charge in [-0.3, -0.25) is 0 Å². The number of imidazole rings is 1. The van der Waals surface area contributed by atoms with E-state index in [1.807, 2.05) is 24.3 Å². The van der Waals surface area contributed by atoms with Gasteiger partial charge in [0.05, 0.1) is 16.8 Å². The highest BCUT2D eigenvalue weighted by Crippen LogP contribution is 2.19. The summed E-state index contributed by atoms with van der Waals surface area (Å²) in [6, 6.07) is 14.3. The molecule has 0 saturated heterocycles. The van der Waals surface area contributed by atoms with Gasteiger partial charge in [-0.2, -0.15) is 4.57 Å². The fourth-order valence-electron chi connectivity index (χ4n) is 1.87. The summed E-state index contributed by atoms with van der Waals surface area (Å²) in [6.45, 7) is 0. The predicted molar refractivity (Wildman–Crippen MR) is 73.3 cm³/mol. The second-order valence-corrected chi connectivity index (χ2v) is 5.13. The molecule has 3 rings (SSSR count). The van der Waals surface area contributed by atoms with Crippen LogP contribution in [-0.2, 0) is 12.8 Å². The first-order valence-corrected chi connectivity index (χ1v) is 6.82. The average Bonchev–Trinajstić information content (AvgIpc) is 2.80. The van der Waals surface area contributed by atoms with Crippen molar-refractivity contribution >= 4 is 22.8 Å². The van der Waals surface area contributed by atoms with Gasteiger partial charge in [0.2, 0.25) is 5.03 Å². The van der Waals surface area contributed by atoms with E-state index in [2.05, 4.69) is 46.0 Å². The Hall–Kier alpha value is -1.52. The molecule has 0 aliphatic carbocycles. The molecule has 0 unspecified atom stereocenters. The number of hydrogen-bond donors (Lipinski definition) is 1. The Morgan fingerprint density at radius 2 is 1.95 bits per heavy atom. The molecule has 0 atom stereocenters. The molecule has 2 heterocycles. The number of aromatic amines is 1. The number of benzene rings is 1.